The van der Waals surface area contributed by atoms with Crippen LogP contribution in [0, 0.1) is 0 Å². The summed E-state index contributed by atoms with van der Waals surface area (Å²) in [6.45, 7) is 3.55. The van der Waals surface area contributed by atoms with Crippen molar-refractivity contribution in [3.63, 3.8) is 0 Å². The highest BCUT2D eigenvalue weighted by molar-refractivity contribution is 5.90. The largest absolute Gasteiger partial charge is 0.489 e. The lowest BCUT2D eigenvalue weighted by atomic mass is 10.1. The fraction of sp³-hybridized carbons (Fsp3) is 0.182. The van der Waals surface area contributed by atoms with Crippen LogP contribution in [-0.4, -0.2) is 22.8 Å². The molecule has 0 aliphatic carbocycles. The molecule has 0 saturated carbocycles. The summed E-state index contributed by atoms with van der Waals surface area (Å²) in [5.41, 5.74) is 0.688. The summed E-state index contributed by atoms with van der Waals surface area (Å²) >= 11 is 0. The number of hydrogen-bond donors (Lipinski definition) is 2. The first-order chi connectivity index (χ1) is 7.19. The fourth-order valence-electron chi connectivity index (χ4n) is 1.11. The molecule has 0 fully saturated rings. The van der Waals surface area contributed by atoms with Crippen molar-refractivity contribution >= 4 is 5.97 Å². The fourth-order valence-corrected chi connectivity index (χ4v) is 1.11. The number of aromatic carboxylic acids is 1. The van der Waals surface area contributed by atoms with Crippen LogP contribution in [0.2, 0.25) is 0 Å². The lowest BCUT2D eigenvalue weighted by molar-refractivity contribution is 0.0692. The van der Waals surface area contributed by atoms with Crippen LogP contribution in [0.25, 0.3) is 0 Å². The SMILES string of the molecule is C=CCOc1cc(CO)ccc1C(=O)O. The van der Waals surface area contributed by atoms with Gasteiger partial charge in [0.25, 0.3) is 0 Å². The molecular formula is C11H12O4. The van der Waals surface area contributed by atoms with E-state index in [9.17, 15) is 4.79 Å². The minimum atomic E-state index is -1.06. The molecule has 15 heavy (non-hydrogen) atoms. The van der Waals surface area contributed by atoms with E-state index in [0.29, 0.717) is 5.56 Å². The van der Waals surface area contributed by atoms with Gasteiger partial charge in [-0.1, -0.05) is 18.7 Å². The van der Waals surface area contributed by atoms with Gasteiger partial charge in [-0.3, -0.25) is 0 Å². The molecule has 1 rings (SSSR count). The Labute approximate surface area is 87.4 Å². The van der Waals surface area contributed by atoms with Crippen LogP contribution in [0.1, 0.15) is 15.9 Å². The van der Waals surface area contributed by atoms with Crippen molar-refractivity contribution in [2.75, 3.05) is 6.61 Å². The Morgan fingerprint density at radius 3 is 2.80 bits per heavy atom. The average Bonchev–Trinajstić information content (AvgIpc) is 2.25. The molecule has 0 spiro atoms. The van der Waals surface area contributed by atoms with Crippen molar-refractivity contribution in [2.24, 2.45) is 0 Å². The zero-order valence-electron chi connectivity index (χ0n) is 8.14. The number of carboxylic acids is 1. The van der Waals surface area contributed by atoms with Crippen molar-refractivity contribution in [3.8, 4) is 5.75 Å². The molecule has 0 atom stereocenters. The van der Waals surface area contributed by atoms with Crippen LogP contribution in [0.4, 0.5) is 0 Å². The first kappa shape index (κ1) is 11.3. The molecule has 0 aromatic heterocycles. The molecule has 0 aliphatic rings. The van der Waals surface area contributed by atoms with Crippen molar-refractivity contribution in [1.29, 1.82) is 0 Å². The summed E-state index contributed by atoms with van der Waals surface area (Å²) in [5.74, 6) is -0.812. The van der Waals surface area contributed by atoms with E-state index in [-0.39, 0.29) is 24.5 Å². The second-order valence-corrected chi connectivity index (χ2v) is 2.89. The van der Waals surface area contributed by atoms with Crippen molar-refractivity contribution in [2.45, 2.75) is 6.61 Å². The third kappa shape index (κ3) is 2.82. The van der Waals surface area contributed by atoms with Gasteiger partial charge in [0.05, 0.1) is 6.61 Å². The Balaban J connectivity index is 3.04. The molecule has 0 amide bonds. The number of hydrogen-bond acceptors (Lipinski definition) is 3. The summed E-state index contributed by atoms with van der Waals surface area (Å²) in [6.07, 6.45) is 1.53. The number of carboxylic acid groups (broad SMARTS) is 1. The highest BCUT2D eigenvalue weighted by Crippen LogP contribution is 2.20. The number of rotatable bonds is 5. The maximum absolute atomic E-state index is 10.8. The van der Waals surface area contributed by atoms with E-state index in [1.54, 1.807) is 6.07 Å². The van der Waals surface area contributed by atoms with Gasteiger partial charge in [-0.25, -0.2) is 4.79 Å². The molecule has 0 heterocycles. The molecule has 0 radical (unpaired) electrons. The van der Waals surface area contributed by atoms with Crippen LogP contribution in [0.3, 0.4) is 0 Å². The van der Waals surface area contributed by atoms with Gasteiger partial charge in [-0.2, -0.15) is 0 Å². The number of aliphatic hydroxyl groups excluding tert-OH is 1. The van der Waals surface area contributed by atoms with Crippen LogP contribution in [0.5, 0.6) is 5.75 Å². The Hall–Kier alpha value is -1.81. The van der Waals surface area contributed by atoms with E-state index in [4.69, 9.17) is 14.9 Å². The molecule has 2 N–H and O–H groups in total. The molecule has 0 saturated heterocycles. The van der Waals surface area contributed by atoms with Crippen LogP contribution < -0.4 is 4.74 Å². The van der Waals surface area contributed by atoms with Gasteiger partial charge in [0.1, 0.15) is 17.9 Å². The maximum atomic E-state index is 10.8. The number of carbonyl (C=O) groups is 1. The first-order valence-corrected chi connectivity index (χ1v) is 4.39. The summed E-state index contributed by atoms with van der Waals surface area (Å²) in [7, 11) is 0. The van der Waals surface area contributed by atoms with Gasteiger partial charge in [0, 0.05) is 0 Å². The predicted octanol–water partition coefficient (Wildman–Crippen LogP) is 1.44. The molecule has 4 heteroatoms. The van der Waals surface area contributed by atoms with E-state index in [2.05, 4.69) is 6.58 Å². The van der Waals surface area contributed by atoms with E-state index < -0.39 is 5.97 Å². The van der Waals surface area contributed by atoms with Crippen LogP contribution in [-0.2, 0) is 6.61 Å². The van der Waals surface area contributed by atoms with Crippen LogP contribution in [0.15, 0.2) is 30.9 Å². The number of aliphatic hydroxyl groups is 1. The van der Waals surface area contributed by atoms with E-state index in [0.717, 1.165) is 0 Å². The molecule has 0 unspecified atom stereocenters. The topological polar surface area (TPSA) is 66.8 Å². The van der Waals surface area contributed by atoms with Crippen molar-refractivity contribution < 1.29 is 19.7 Å². The summed E-state index contributed by atoms with van der Waals surface area (Å²) in [4.78, 5) is 10.8. The average molecular weight is 208 g/mol. The van der Waals surface area contributed by atoms with Crippen LogP contribution >= 0.6 is 0 Å². The Kier molecular flexibility index (Phi) is 3.88. The summed E-state index contributed by atoms with van der Waals surface area (Å²) in [6, 6.07) is 4.46. The van der Waals surface area contributed by atoms with E-state index in [1.807, 2.05) is 0 Å². The standard InChI is InChI=1S/C11H12O4/c1-2-5-15-10-6-8(7-12)3-4-9(10)11(13)14/h2-4,6,12H,1,5,7H2,(H,13,14). The quantitative estimate of drug-likeness (QED) is 0.718. The molecule has 1 aromatic rings. The highest BCUT2D eigenvalue weighted by Gasteiger charge is 2.11. The molecule has 0 bridgehead atoms. The molecule has 4 nitrogen and oxygen atoms in total. The zero-order chi connectivity index (χ0) is 11.3. The Morgan fingerprint density at radius 1 is 1.53 bits per heavy atom. The normalized spacial score (nSPS) is 9.67. The number of benzene rings is 1. The molecule has 80 valence electrons. The molecule has 1 aromatic carbocycles. The summed E-state index contributed by atoms with van der Waals surface area (Å²) in [5, 5.41) is 17.8. The maximum Gasteiger partial charge on any atom is 0.339 e. The monoisotopic (exact) mass is 208 g/mol. The highest BCUT2D eigenvalue weighted by atomic mass is 16.5. The lowest BCUT2D eigenvalue weighted by Crippen LogP contribution is -2.04. The zero-order valence-corrected chi connectivity index (χ0v) is 8.14. The lowest BCUT2D eigenvalue weighted by Gasteiger charge is -2.08. The third-order valence-electron chi connectivity index (χ3n) is 1.82. The van der Waals surface area contributed by atoms with Gasteiger partial charge in [-0.05, 0) is 17.7 Å². The van der Waals surface area contributed by atoms with Crippen molar-refractivity contribution in [3.05, 3.63) is 42.0 Å². The molecular weight excluding hydrogens is 196 g/mol. The van der Waals surface area contributed by atoms with E-state index in [1.165, 1.54) is 18.2 Å². The van der Waals surface area contributed by atoms with Crippen molar-refractivity contribution in [1.82, 2.24) is 0 Å². The smallest absolute Gasteiger partial charge is 0.339 e. The second-order valence-electron chi connectivity index (χ2n) is 2.89. The Morgan fingerprint density at radius 2 is 2.27 bits per heavy atom. The minimum Gasteiger partial charge on any atom is -0.489 e. The predicted molar refractivity (Wildman–Crippen MR) is 55.0 cm³/mol. The third-order valence-corrected chi connectivity index (χ3v) is 1.82. The molecule has 0 aliphatic heterocycles. The van der Waals surface area contributed by atoms with Gasteiger partial charge >= 0.3 is 5.97 Å². The van der Waals surface area contributed by atoms with Gasteiger partial charge in [0.2, 0.25) is 0 Å². The summed E-state index contributed by atoms with van der Waals surface area (Å²) < 4.78 is 5.18. The first-order valence-electron chi connectivity index (χ1n) is 4.39. The minimum absolute atomic E-state index is 0.0778. The van der Waals surface area contributed by atoms with Gasteiger partial charge in [-0.15, -0.1) is 0 Å². The van der Waals surface area contributed by atoms with Gasteiger partial charge in [0.15, 0.2) is 0 Å². The van der Waals surface area contributed by atoms with E-state index >= 15 is 0 Å². The van der Waals surface area contributed by atoms with Gasteiger partial charge < -0.3 is 14.9 Å². The Bertz CT molecular complexity index is 371. The number of ether oxygens (including phenoxy) is 1. The second kappa shape index (κ2) is 5.17.